The van der Waals surface area contributed by atoms with Gasteiger partial charge in [0.1, 0.15) is 6.04 Å². The van der Waals surface area contributed by atoms with E-state index in [1.54, 1.807) is 0 Å². The zero-order chi connectivity index (χ0) is 19.8. The summed E-state index contributed by atoms with van der Waals surface area (Å²) < 4.78 is 0. The van der Waals surface area contributed by atoms with Crippen LogP contribution in [0.3, 0.4) is 0 Å². The van der Waals surface area contributed by atoms with Crippen molar-refractivity contribution in [3.8, 4) is 0 Å². The van der Waals surface area contributed by atoms with Crippen molar-refractivity contribution >= 4 is 48.0 Å². The molecule has 0 spiro atoms. The lowest BCUT2D eigenvalue weighted by Crippen LogP contribution is -2.43. The minimum Gasteiger partial charge on any atom is -0.371 e. The van der Waals surface area contributed by atoms with Crippen LogP contribution in [0, 0.1) is 5.92 Å². The highest BCUT2D eigenvalue weighted by Gasteiger charge is 2.22. The number of anilines is 2. The summed E-state index contributed by atoms with van der Waals surface area (Å²) in [6.07, 6.45) is 6.45. The van der Waals surface area contributed by atoms with E-state index in [-0.39, 0.29) is 36.6 Å². The number of nitrogens with one attached hydrogen (secondary N) is 3. The number of amides is 2. The summed E-state index contributed by atoms with van der Waals surface area (Å²) >= 11 is 0. The maximum atomic E-state index is 12.8. The molecule has 0 radical (unpaired) electrons. The summed E-state index contributed by atoms with van der Waals surface area (Å²) in [4.78, 5) is 27.5. The lowest BCUT2D eigenvalue weighted by atomic mass is 10.0. The Hall–Kier alpha value is -1.50. The molecule has 2 fully saturated rings. The van der Waals surface area contributed by atoms with Gasteiger partial charge in [-0.25, -0.2) is 0 Å². The maximum Gasteiger partial charge on any atom is 0.246 e. The van der Waals surface area contributed by atoms with Gasteiger partial charge < -0.3 is 20.9 Å². The Morgan fingerprint density at radius 1 is 1.23 bits per heavy atom. The van der Waals surface area contributed by atoms with Crippen molar-refractivity contribution in [2.24, 2.45) is 5.92 Å². The third-order valence-corrected chi connectivity index (χ3v) is 5.76. The molecule has 2 amide bonds. The van der Waals surface area contributed by atoms with Crippen molar-refractivity contribution in [1.82, 2.24) is 10.6 Å². The van der Waals surface area contributed by atoms with Gasteiger partial charge in [0.2, 0.25) is 11.8 Å². The molecule has 2 saturated heterocycles. The molecule has 0 saturated carbocycles. The number of hydrogen-bond donors (Lipinski definition) is 3. The average molecular weight is 459 g/mol. The fraction of sp³-hybridized carbons (Fsp3) is 0.636. The van der Waals surface area contributed by atoms with Crippen LogP contribution >= 0.6 is 24.8 Å². The van der Waals surface area contributed by atoms with E-state index in [9.17, 15) is 9.59 Å². The van der Waals surface area contributed by atoms with Crippen molar-refractivity contribution in [3.63, 3.8) is 0 Å². The first kappa shape index (κ1) is 26.5. The molecule has 30 heavy (non-hydrogen) atoms. The van der Waals surface area contributed by atoms with Crippen molar-refractivity contribution in [1.29, 1.82) is 0 Å². The zero-order valence-electron chi connectivity index (χ0n) is 17.8. The normalized spacial score (nSPS) is 18.8. The quantitative estimate of drug-likeness (QED) is 0.526. The van der Waals surface area contributed by atoms with Crippen molar-refractivity contribution in [2.45, 2.75) is 57.9 Å². The monoisotopic (exact) mass is 458 g/mol. The van der Waals surface area contributed by atoms with Crippen LogP contribution in [0.15, 0.2) is 24.3 Å². The number of carbonyl (C=O) groups is 2. The highest BCUT2D eigenvalue weighted by molar-refractivity contribution is 5.97. The van der Waals surface area contributed by atoms with Crippen molar-refractivity contribution in [3.05, 3.63) is 24.3 Å². The number of benzene rings is 1. The first-order valence-corrected chi connectivity index (χ1v) is 10.8. The van der Waals surface area contributed by atoms with Crippen molar-refractivity contribution < 1.29 is 9.59 Å². The molecular formula is C22H36Cl2N4O2. The van der Waals surface area contributed by atoms with Gasteiger partial charge in [-0.15, -0.1) is 24.8 Å². The Labute approximate surface area is 192 Å². The van der Waals surface area contributed by atoms with Crippen LogP contribution in [0.4, 0.5) is 11.4 Å². The molecule has 1 aromatic carbocycles. The summed E-state index contributed by atoms with van der Waals surface area (Å²) in [6, 6.07) is 7.53. The van der Waals surface area contributed by atoms with Gasteiger partial charge in [0.05, 0.1) is 0 Å². The SMILES string of the molecule is CCCC(NC(=O)CCC1CCNC1)C(=O)Nc1cccc(N2CCCC2)c1.Cl.Cl. The molecule has 1 aromatic rings. The van der Waals surface area contributed by atoms with Crippen LogP contribution in [0.25, 0.3) is 0 Å². The van der Waals surface area contributed by atoms with Crippen LogP contribution < -0.4 is 20.9 Å². The molecule has 2 atom stereocenters. The van der Waals surface area contributed by atoms with Gasteiger partial charge in [0.15, 0.2) is 0 Å². The molecule has 2 heterocycles. The topological polar surface area (TPSA) is 73.5 Å². The molecular weight excluding hydrogens is 423 g/mol. The van der Waals surface area contributed by atoms with Gasteiger partial charge >= 0.3 is 0 Å². The Balaban J connectivity index is 0.00000225. The van der Waals surface area contributed by atoms with E-state index in [0.717, 1.165) is 56.8 Å². The second-order valence-electron chi connectivity index (χ2n) is 8.04. The predicted molar refractivity (Wildman–Crippen MR) is 128 cm³/mol. The molecule has 0 aliphatic carbocycles. The Morgan fingerprint density at radius 2 is 2.00 bits per heavy atom. The number of halogens is 2. The Morgan fingerprint density at radius 3 is 2.67 bits per heavy atom. The summed E-state index contributed by atoms with van der Waals surface area (Å²) in [7, 11) is 0. The van der Waals surface area contributed by atoms with Crippen LogP contribution in [0.2, 0.25) is 0 Å². The Kier molecular flexibility index (Phi) is 12.1. The third kappa shape index (κ3) is 7.97. The molecule has 3 rings (SSSR count). The lowest BCUT2D eigenvalue weighted by molar-refractivity contribution is -0.126. The van der Waals surface area contributed by atoms with Gasteiger partial charge in [-0.3, -0.25) is 9.59 Å². The molecule has 2 aliphatic rings. The van der Waals surface area contributed by atoms with E-state index in [4.69, 9.17) is 0 Å². The van der Waals surface area contributed by atoms with Crippen molar-refractivity contribution in [2.75, 3.05) is 36.4 Å². The standard InChI is InChI=1S/C22H34N4O2.2ClH/c1-2-6-20(25-21(27)10-9-17-11-12-23-16-17)22(28)24-18-7-5-8-19(15-18)26-13-3-4-14-26;;/h5,7-8,15,17,20,23H,2-4,6,9-14,16H2,1H3,(H,24,28)(H,25,27);2*1H. The molecule has 0 aromatic heterocycles. The highest BCUT2D eigenvalue weighted by atomic mass is 35.5. The van der Waals surface area contributed by atoms with Crippen LogP contribution in [-0.4, -0.2) is 44.0 Å². The molecule has 3 N–H and O–H groups in total. The van der Waals surface area contributed by atoms with E-state index in [1.165, 1.54) is 12.8 Å². The first-order valence-electron chi connectivity index (χ1n) is 10.8. The molecule has 8 heteroatoms. The fourth-order valence-electron chi connectivity index (χ4n) is 4.11. The number of hydrogen-bond acceptors (Lipinski definition) is 4. The number of rotatable bonds is 9. The largest absolute Gasteiger partial charge is 0.371 e. The van der Waals surface area contributed by atoms with Gasteiger partial charge in [-0.05, 0) is 69.3 Å². The molecule has 170 valence electrons. The van der Waals surface area contributed by atoms with Gasteiger partial charge in [0.25, 0.3) is 0 Å². The lowest BCUT2D eigenvalue weighted by Gasteiger charge is -2.20. The maximum absolute atomic E-state index is 12.8. The van der Waals surface area contributed by atoms with Gasteiger partial charge in [0, 0.05) is 30.9 Å². The van der Waals surface area contributed by atoms with Crippen LogP contribution in [0.1, 0.15) is 51.9 Å². The van der Waals surface area contributed by atoms with Crippen LogP contribution in [0.5, 0.6) is 0 Å². The summed E-state index contributed by atoms with van der Waals surface area (Å²) in [5.41, 5.74) is 1.94. The molecule has 0 bridgehead atoms. The summed E-state index contributed by atoms with van der Waals surface area (Å²) in [5, 5.41) is 9.28. The second-order valence-corrected chi connectivity index (χ2v) is 8.04. The second kappa shape index (κ2) is 13.7. The van der Waals surface area contributed by atoms with Gasteiger partial charge in [-0.2, -0.15) is 0 Å². The Bertz CT molecular complexity index is 662. The number of nitrogens with zero attached hydrogens (tertiary/aromatic N) is 1. The average Bonchev–Trinajstić information content (AvgIpc) is 3.40. The van der Waals surface area contributed by atoms with E-state index < -0.39 is 6.04 Å². The summed E-state index contributed by atoms with van der Waals surface area (Å²) in [5.74, 6) is 0.431. The first-order chi connectivity index (χ1) is 13.7. The van der Waals surface area contributed by atoms with E-state index in [0.29, 0.717) is 18.8 Å². The predicted octanol–water partition coefficient (Wildman–Crippen LogP) is 3.74. The van der Waals surface area contributed by atoms with E-state index >= 15 is 0 Å². The van der Waals surface area contributed by atoms with Crippen LogP contribution in [-0.2, 0) is 9.59 Å². The number of carbonyl (C=O) groups excluding carboxylic acids is 2. The van der Waals surface area contributed by atoms with E-state index in [2.05, 4.69) is 26.9 Å². The molecule has 2 unspecified atom stereocenters. The molecule has 6 nitrogen and oxygen atoms in total. The smallest absolute Gasteiger partial charge is 0.246 e. The molecule has 2 aliphatic heterocycles. The highest BCUT2D eigenvalue weighted by Crippen LogP contribution is 2.23. The minimum atomic E-state index is -0.477. The zero-order valence-corrected chi connectivity index (χ0v) is 19.5. The summed E-state index contributed by atoms with van der Waals surface area (Å²) in [6.45, 7) is 6.22. The minimum absolute atomic E-state index is 0. The fourth-order valence-corrected chi connectivity index (χ4v) is 4.11. The van der Waals surface area contributed by atoms with Gasteiger partial charge in [-0.1, -0.05) is 19.4 Å². The van der Waals surface area contributed by atoms with E-state index in [1.807, 2.05) is 25.1 Å². The third-order valence-electron chi connectivity index (χ3n) is 5.76.